The van der Waals surface area contributed by atoms with Gasteiger partial charge in [-0.3, -0.25) is 0 Å². The van der Waals surface area contributed by atoms with E-state index in [0.29, 0.717) is 19.3 Å². The number of fused-ring (bicyclic) bond motifs is 1. The molecule has 0 aliphatic carbocycles. The molecule has 2 heteroatoms. The number of likely N-dealkylation sites (N-methyl/N-ethyl adjacent to an activating group) is 1. The standard InChI is InChI=1S/C19H21NO/c1-15-12-17(14-21-13-16-8-4-3-5-9-16)20(2)19-11-7-6-10-18(15)19/h3-12,17H,13-14H2,1-2H3. The lowest BCUT2D eigenvalue weighted by molar-refractivity contribution is 0.115. The summed E-state index contributed by atoms with van der Waals surface area (Å²) in [6.07, 6.45) is 2.30. The number of rotatable bonds is 4. The van der Waals surface area contributed by atoms with E-state index in [4.69, 9.17) is 4.74 Å². The van der Waals surface area contributed by atoms with Crippen LogP contribution in [0.1, 0.15) is 18.1 Å². The molecule has 1 unspecified atom stereocenters. The Bertz CT molecular complexity index is 633. The summed E-state index contributed by atoms with van der Waals surface area (Å²) < 4.78 is 5.91. The number of anilines is 1. The van der Waals surface area contributed by atoms with Crippen molar-refractivity contribution >= 4 is 11.3 Å². The monoisotopic (exact) mass is 279 g/mol. The minimum atomic E-state index is 0.295. The predicted octanol–water partition coefficient (Wildman–Crippen LogP) is 4.13. The van der Waals surface area contributed by atoms with Gasteiger partial charge in [-0.25, -0.2) is 0 Å². The molecule has 21 heavy (non-hydrogen) atoms. The molecule has 0 bridgehead atoms. The van der Waals surface area contributed by atoms with Crippen molar-refractivity contribution in [2.75, 3.05) is 18.6 Å². The highest BCUT2D eigenvalue weighted by molar-refractivity contribution is 5.79. The second kappa shape index (κ2) is 6.15. The van der Waals surface area contributed by atoms with Crippen molar-refractivity contribution < 1.29 is 4.74 Å². The molecule has 0 aromatic heterocycles. The van der Waals surface area contributed by atoms with Crippen LogP contribution in [0.5, 0.6) is 0 Å². The molecule has 0 fully saturated rings. The van der Waals surface area contributed by atoms with Gasteiger partial charge in [0.2, 0.25) is 0 Å². The molecule has 3 rings (SSSR count). The number of benzene rings is 2. The molecule has 1 atom stereocenters. The lowest BCUT2D eigenvalue weighted by Gasteiger charge is -2.34. The first-order valence-corrected chi connectivity index (χ1v) is 7.38. The van der Waals surface area contributed by atoms with E-state index in [2.05, 4.69) is 61.3 Å². The van der Waals surface area contributed by atoms with Crippen LogP contribution in [0.25, 0.3) is 5.57 Å². The summed E-state index contributed by atoms with van der Waals surface area (Å²) in [6, 6.07) is 19.2. The minimum Gasteiger partial charge on any atom is -0.374 e. The Hall–Kier alpha value is -2.06. The van der Waals surface area contributed by atoms with Gasteiger partial charge in [0, 0.05) is 18.3 Å². The molecule has 1 aliphatic heterocycles. The second-order valence-corrected chi connectivity index (χ2v) is 5.55. The molecule has 0 N–H and O–H groups in total. The third-order valence-corrected chi connectivity index (χ3v) is 4.05. The van der Waals surface area contributed by atoms with Crippen LogP contribution in [0.4, 0.5) is 5.69 Å². The fourth-order valence-corrected chi connectivity index (χ4v) is 2.82. The van der Waals surface area contributed by atoms with Crippen molar-refractivity contribution in [3.05, 3.63) is 71.8 Å². The van der Waals surface area contributed by atoms with Gasteiger partial charge in [0.1, 0.15) is 0 Å². The highest BCUT2D eigenvalue weighted by atomic mass is 16.5. The van der Waals surface area contributed by atoms with E-state index < -0.39 is 0 Å². The van der Waals surface area contributed by atoms with Crippen LogP contribution in [0.2, 0.25) is 0 Å². The molecular formula is C19H21NO. The number of allylic oxidation sites excluding steroid dienone is 1. The Morgan fingerprint density at radius 2 is 1.71 bits per heavy atom. The van der Waals surface area contributed by atoms with E-state index in [1.54, 1.807) is 0 Å². The third-order valence-electron chi connectivity index (χ3n) is 4.05. The average Bonchev–Trinajstić information content (AvgIpc) is 2.53. The molecule has 2 aromatic rings. The number of hydrogen-bond acceptors (Lipinski definition) is 2. The fraction of sp³-hybridized carbons (Fsp3) is 0.263. The molecule has 0 radical (unpaired) electrons. The topological polar surface area (TPSA) is 12.5 Å². The predicted molar refractivity (Wildman–Crippen MR) is 88.4 cm³/mol. The van der Waals surface area contributed by atoms with Crippen LogP contribution in [0, 0.1) is 0 Å². The maximum Gasteiger partial charge on any atom is 0.0718 e. The summed E-state index contributed by atoms with van der Waals surface area (Å²) in [4.78, 5) is 2.30. The van der Waals surface area contributed by atoms with Gasteiger partial charge in [-0.2, -0.15) is 0 Å². The van der Waals surface area contributed by atoms with Gasteiger partial charge in [-0.15, -0.1) is 0 Å². The fourth-order valence-electron chi connectivity index (χ4n) is 2.82. The third kappa shape index (κ3) is 3.01. The van der Waals surface area contributed by atoms with Crippen LogP contribution in [0.15, 0.2) is 60.7 Å². The zero-order chi connectivity index (χ0) is 14.7. The first-order chi connectivity index (χ1) is 10.3. The molecule has 0 saturated carbocycles. The zero-order valence-corrected chi connectivity index (χ0v) is 12.6. The Labute approximate surface area is 126 Å². The molecule has 2 aromatic carbocycles. The number of para-hydroxylation sites is 1. The van der Waals surface area contributed by atoms with Crippen molar-refractivity contribution in [3.63, 3.8) is 0 Å². The number of nitrogens with zero attached hydrogens (tertiary/aromatic N) is 1. The smallest absolute Gasteiger partial charge is 0.0718 e. The summed E-state index contributed by atoms with van der Waals surface area (Å²) in [5.74, 6) is 0. The average molecular weight is 279 g/mol. The first kappa shape index (κ1) is 13.9. The van der Waals surface area contributed by atoms with Crippen molar-refractivity contribution in [2.45, 2.75) is 19.6 Å². The van der Waals surface area contributed by atoms with E-state index in [0.717, 1.165) is 0 Å². The Balaban J connectivity index is 1.66. The van der Waals surface area contributed by atoms with E-state index in [1.165, 1.54) is 22.4 Å². The van der Waals surface area contributed by atoms with Gasteiger partial charge in [-0.05, 0) is 24.1 Å². The Morgan fingerprint density at radius 3 is 2.52 bits per heavy atom. The van der Waals surface area contributed by atoms with Crippen LogP contribution in [-0.4, -0.2) is 19.7 Å². The van der Waals surface area contributed by atoms with Crippen LogP contribution in [-0.2, 0) is 11.3 Å². The lowest BCUT2D eigenvalue weighted by atomic mass is 9.97. The molecule has 0 amide bonds. The molecule has 108 valence electrons. The van der Waals surface area contributed by atoms with Crippen molar-refractivity contribution in [3.8, 4) is 0 Å². The summed E-state index contributed by atoms with van der Waals surface area (Å²) in [6.45, 7) is 3.55. The van der Waals surface area contributed by atoms with Gasteiger partial charge in [-0.1, -0.05) is 54.6 Å². The molecule has 0 spiro atoms. The van der Waals surface area contributed by atoms with Crippen molar-refractivity contribution in [2.24, 2.45) is 0 Å². The van der Waals surface area contributed by atoms with Crippen LogP contribution < -0.4 is 4.90 Å². The summed E-state index contributed by atoms with van der Waals surface area (Å²) in [7, 11) is 2.14. The molecule has 1 heterocycles. The van der Waals surface area contributed by atoms with Crippen LogP contribution in [0.3, 0.4) is 0 Å². The van der Waals surface area contributed by atoms with Gasteiger partial charge in [0.25, 0.3) is 0 Å². The number of hydrogen-bond donors (Lipinski definition) is 0. The van der Waals surface area contributed by atoms with E-state index in [9.17, 15) is 0 Å². The van der Waals surface area contributed by atoms with Crippen molar-refractivity contribution in [1.29, 1.82) is 0 Å². The van der Waals surface area contributed by atoms with Crippen LogP contribution >= 0.6 is 0 Å². The lowest BCUT2D eigenvalue weighted by Crippen LogP contribution is -2.36. The molecule has 1 aliphatic rings. The van der Waals surface area contributed by atoms with Gasteiger partial charge >= 0.3 is 0 Å². The normalized spacial score (nSPS) is 17.3. The highest BCUT2D eigenvalue weighted by Gasteiger charge is 2.21. The summed E-state index contributed by atoms with van der Waals surface area (Å²) in [5, 5.41) is 0. The second-order valence-electron chi connectivity index (χ2n) is 5.55. The Morgan fingerprint density at radius 1 is 1.00 bits per heavy atom. The largest absolute Gasteiger partial charge is 0.374 e. The zero-order valence-electron chi connectivity index (χ0n) is 12.6. The van der Waals surface area contributed by atoms with Gasteiger partial charge in [0.05, 0.1) is 19.3 Å². The molecular weight excluding hydrogens is 258 g/mol. The van der Waals surface area contributed by atoms with E-state index >= 15 is 0 Å². The maximum absolute atomic E-state index is 5.91. The van der Waals surface area contributed by atoms with E-state index in [1.807, 2.05) is 18.2 Å². The SMILES string of the molecule is CC1=CC(COCc2ccccc2)N(C)c2ccccc21. The minimum absolute atomic E-state index is 0.295. The van der Waals surface area contributed by atoms with Gasteiger partial charge in [0.15, 0.2) is 0 Å². The summed E-state index contributed by atoms with van der Waals surface area (Å²) in [5.41, 5.74) is 5.15. The van der Waals surface area contributed by atoms with Crippen molar-refractivity contribution in [1.82, 2.24) is 0 Å². The molecule has 2 nitrogen and oxygen atoms in total. The quantitative estimate of drug-likeness (QED) is 0.834. The molecule has 0 saturated heterocycles. The highest BCUT2D eigenvalue weighted by Crippen LogP contribution is 2.32. The van der Waals surface area contributed by atoms with E-state index in [-0.39, 0.29) is 0 Å². The first-order valence-electron chi connectivity index (χ1n) is 7.38. The summed E-state index contributed by atoms with van der Waals surface area (Å²) >= 11 is 0. The van der Waals surface area contributed by atoms with Gasteiger partial charge < -0.3 is 9.64 Å². The number of ether oxygens (including phenoxy) is 1. The maximum atomic E-state index is 5.91. The Kier molecular flexibility index (Phi) is 4.07.